The lowest BCUT2D eigenvalue weighted by Crippen LogP contribution is -2.30. The summed E-state index contributed by atoms with van der Waals surface area (Å²) in [5, 5.41) is 0.289. The zero-order chi connectivity index (χ0) is 25.3. The van der Waals surface area contributed by atoms with Crippen LogP contribution >= 0.6 is 11.3 Å². The van der Waals surface area contributed by atoms with Gasteiger partial charge in [-0.3, -0.25) is 14.4 Å². The van der Waals surface area contributed by atoms with Crippen LogP contribution in [0.4, 0.5) is 19.6 Å². The molecule has 0 fully saturated rings. The van der Waals surface area contributed by atoms with Crippen molar-refractivity contribution in [2.75, 3.05) is 9.62 Å². The van der Waals surface area contributed by atoms with Crippen molar-refractivity contribution in [2.45, 2.75) is 11.4 Å². The highest BCUT2D eigenvalue weighted by Crippen LogP contribution is 2.32. The number of carbonyl (C=O) groups is 1. The molecule has 11 heteroatoms. The minimum atomic E-state index is -3.94. The number of nitrogens with one attached hydrogen (secondary N) is 1. The molecular weight excluding hydrogens is 508 g/mol. The highest BCUT2D eigenvalue weighted by Gasteiger charge is 2.24. The quantitative estimate of drug-likeness (QED) is 0.289. The Morgan fingerprint density at radius 1 is 0.972 bits per heavy atom. The molecule has 2 aromatic heterocycles. The first kappa shape index (κ1) is 23.6. The predicted molar refractivity (Wildman–Crippen MR) is 132 cm³/mol. The number of fused-ring (bicyclic) bond motifs is 1. The molecule has 5 rings (SSSR count). The molecule has 1 N–H and O–H groups in total. The molecule has 0 saturated carbocycles. The maximum absolute atomic E-state index is 14.2. The van der Waals surface area contributed by atoms with Crippen LogP contribution in [0.1, 0.15) is 16.1 Å². The monoisotopic (exact) mass is 525 g/mol. The van der Waals surface area contributed by atoms with E-state index >= 15 is 0 Å². The summed E-state index contributed by atoms with van der Waals surface area (Å²) in [6.45, 7) is 0.0617. The Bertz CT molecular complexity index is 1630. The Balaban J connectivity index is 1.42. The van der Waals surface area contributed by atoms with Gasteiger partial charge in [0, 0.05) is 11.3 Å². The van der Waals surface area contributed by atoms with Crippen LogP contribution in [0.3, 0.4) is 0 Å². The molecule has 7 nitrogen and oxygen atoms in total. The van der Waals surface area contributed by atoms with Gasteiger partial charge in [-0.2, -0.15) is 0 Å². The minimum absolute atomic E-state index is 0.0617. The van der Waals surface area contributed by atoms with Gasteiger partial charge in [-0.15, -0.1) is 0 Å². The summed E-state index contributed by atoms with van der Waals surface area (Å²) in [5.41, 5.74) is 0.641. The molecular formula is C25H17F2N3O4S2. The molecule has 3 aromatic carbocycles. The number of hydrogen-bond donors (Lipinski definition) is 1. The summed E-state index contributed by atoms with van der Waals surface area (Å²) in [6.07, 6.45) is 1.48. The lowest BCUT2D eigenvalue weighted by Gasteiger charge is -2.19. The number of hydrogen-bond acceptors (Lipinski definition) is 6. The van der Waals surface area contributed by atoms with Crippen LogP contribution in [0.2, 0.25) is 0 Å². The van der Waals surface area contributed by atoms with E-state index in [1.165, 1.54) is 52.8 Å². The lowest BCUT2D eigenvalue weighted by atomic mass is 10.2. The van der Waals surface area contributed by atoms with E-state index in [9.17, 15) is 22.0 Å². The molecule has 0 atom stereocenters. The van der Waals surface area contributed by atoms with Gasteiger partial charge in [-0.25, -0.2) is 22.2 Å². The SMILES string of the molecule is O=C(c1ccc(NS(=O)(=O)c2ccc(F)cc2)cc1)N(Cc1ccco1)c1nc2c(F)cccc2s1. The highest BCUT2D eigenvalue weighted by molar-refractivity contribution is 7.92. The number of anilines is 2. The van der Waals surface area contributed by atoms with Gasteiger partial charge >= 0.3 is 0 Å². The smallest absolute Gasteiger partial charge is 0.261 e. The van der Waals surface area contributed by atoms with E-state index in [4.69, 9.17) is 4.42 Å². The number of furan rings is 1. The van der Waals surface area contributed by atoms with E-state index in [-0.39, 0.29) is 33.3 Å². The largest absolute Gasteiger partial charge is 0.467 e. The van der Waals surface area contributed by atoms with Gasteiger partial charge in [-0.05, 0) is 72.8 Å². The van der Waals surface area contributed by atoms with E-state index in [2.05, 4.69) is 9.71 Å². The fraction of sp³-hybridized carbons (Fsp3) is 0.0400. The van der Waals surface area contributed by atoms with Gasteiger partial charge < -0.3 is 4.42 Å². The first-order valence-electron chi connectivity index (χ1n) is 10.6. The van der Waals surface area contributed by atoms with Gasteiger partial charge in [0.25, 0.3) is 15.9 Å². The van der Waals surface area contributed by atoms with E-state index in [1.54, 1.807) is 24.3 Å². The fourth-order valence-electron chi connectivity index (χ4n) is 3.47. The first-order valence-corrected chi connectivity index (χ1v) is 12.9. The van der Waals surface area contributed by atoms with Crippen LogP contribution in [0.15, 0.2) is 94.4 Å². The van der Waals surface area contributed by atoms with Crippen LogP contribution in [-0.4, -0.2) is 19.3 Å². The standard InChI is InChI=1S/C25H17F2N3O4S2/c26-17-8-12-20(13-9-17)36(32,33)29-18-10-6-16(7-11-18)24(31)30(15-19-3-2-14-34-19)25-28-23-21(27)4-1-5-22(23)35-25/h1-14,29H,15H2. The Hall–Kier alpha value is -4.09. The summed E-state index contributed by atoms with van der Waals surface area (Å²) in [7, 11) is -3.94. The molecule has 0 bridgehead atoms. The van der Waals surface area contributed by atoms with Crippen molar-refractivity contribution in [2.24, 2.45) is 0 Å². The zero-order valence-electron chi connectivity index (χ0n) is 18.4. The number of halogens is 2. The van der Waals surface area contributed by atoms with Crippen LogP contribution in [0, 0.1) is 11.6 Å². The second kappa shape index (κ2) is 9.51. The third-order valence-corrected chi connectivity index (χ3v) is 7.68. The zero-order valence-corrected chi connectivity index (χ0v) is 20.0. The molecule has 0 aliphatic carbocycles. The van der Waals surface area contributed by atoms with Crippen LogP contribution in [0.5, 0.6) is 0 Å². The lowest BCUT2D eigenvalue weighted by molar-refractivity contribution is 0.0983. The van der Waals surface area contributed by atoms with E-state index in [1.807, 2.05) is 0 Å². The normalized spacial score (nSPS) is 11.5. The number of benzene rings is 3. The molecule has 0 aliphatic rings. The average molecular weight is 526 g/mol. The van der Waals surface area contributed by atoms with Crippen molar-refractivity contribution in [1.82, 2.24) is 4.98 Å². The Labute approximate surface area is 208 Å². The predicted octanol–water partition coefficient (Wildman–Crippen LogP) is 5.82. The number of nitrogens with zero attached hydrogens (tertiary/aromatic N) is 2. The molecule has 2 heterocycles. The van der Waals surface area contributed by atoms with Gasteiger partial charge in [0.2, 0.25) is 0 Å². The fourth-order valence-corrected chi connectivity index (χ4v) is 5.50. The summed E-state index contributed by atoms with van der Waals surface area (Å²) >= 11 is 1.17. The number of para-hydroxylation sites is 1. The summed E-state index contributed by atoms with van der Waals surface area (Å²) in [5.74, 6) is -0.962. The van der Waals surface area contributed by atoms with Crippen molar-refractivity contribution in [3.8, 4) is 0 Å². The maximum atomic E-state index is 14.2. The Kier molecular flexibility index (Phi) is 6.25. The first-order chi connectivity index (χ1) is 17.3. The number of amides is 1. The van der Waals surface area contributed by atoms with Gasteiger partial charge in [-0.1, -0.05) is 17.4 Å². The van der Waals surface area contributed by atoms with E-state index in [0.717, 1.165) is 24.3 Å². The van der Waals surface area contributed by atoms with E-state index < -0.39 is 27.6 Å². The van der Waals surface area contributed by atoms with Crippen molar-refractivity contribution in [1.29, 1.82) is 0 Å². The van der Waals surface area contributed by atoms with Gasteiger partial charge in [0.05, 0.1) is 22.4 Å². The maximum Gasteiger partial charge on any atom is 0.261 e. The van der Waals surface area contributed by atoms with Crippen LogP contribution in [0.25, 0.3) is 10.2 Å². The van der Waals surface area contributed by atoms with Crippen LogP contribution in [-0.2, 0) is 16.6 Å². The number of aromatic nitrogens is 1. The number of sulfonamides is 1. The molecule has 36 heavy (non-hydrogen) atoms. The van der Waals surface area contributed by atoms with E-state index in [0.29, 0.717) is 10.5 Å². The molecule has 0 unspecified atom stereocenters. The highest BCUT2D eigenvalue weighted by atomic mass is 32.2. The molecule has 0 saturated heterocycles. The second-order valence-corrected chi connectivity index (χ2v) is 10.4. The van der Waals surface area contributed by atoms with Gasteiger partial charge in [0.15, 0.2) is 5.13 Å². The summed E-state index contributed by atoms with van der Waals surface area (Å²) in [4.78, 5) is 19.1. The molecule has 0 aliphatic heterocycles. The third kappa shape index (κ3) is 4.83. The van der Waals surface area contributed by atoms with Crippen LogP contribution < -0.4 is 9.62 Å². The Morgan fingerprint density at radius 3 is 2.39 bits per heavy atom. The number of rotatable bonds is 7. The second-order valence-electron chi connectivity index (χ2n) is 7.69. The average Bonchev–Trinajstić information content (AvgIpc) is 3.53. The molecule has 182 valence electrons. The van der Waals surface area contributed by atoms with Crippen molar-refractivity contribution >= 4 is 48.3 Å². The van der Waals surface area contributed by atoms with Crippen molar-refractivity contribution < 1.29 is 26.4 Å². The molecule has 0 spiro atoms. The molecule has 5 aromatic rings. The van der Waals surface area contributed by atoms with Gasteiger partial charge in [0.1, 0.15) is 22.9 Å². The Morgan fingerprint density at radius 2 is 1.72 bits per heavy atom. The number of carbonyl (C=O) groups excluding carboxylic acids is 1. The molecule has 1 amide bonds. The van der Waals surface area contributed by atoms with Crippen molar-refractivity contribution in [3.63, 3.8) is 0 Å². The summed E-state index contributed by atoms with van der Waals surface area (Å²) < 4.78 is 60.9. The topological polar surface area (TPSA) is 92.5 Å². The summed E-state index contributed by atoms with van der Waals surface area (Å²) in [6, 6.07) is 18.2. The molecule has 0 radical (unpaired) electrons. The third-order valence-electron chi connectivity index (χ3n) is 5.24. The number of thiazole rings is 1. The van der Waals surface area contributed by atoms with Crippen molar-refractivity contribution in [3.05, 3.63) is 108 Å². The minimum Gasteiger partial charge on any atom is -0.467 e.